The predicted molar refractivity (Wildman–Crippen MR) is 68.0 cm³/mol. The van der Waals surface area contributed by atoms with Crippen LogP contribution in [0.4, 0.5) is 14.6 Å². The van der Waals surface area contributed by atoms with E-state index in [1.54, 1.807) is 6.92 Å². The molecular weight excluding hydrogens is 324 g/mol. The molecule has 0 spiro atoms. The summed E-state index contributed by atoms with van der Waals surface area (Å²) in [7, 11) is 0. The molecule has 0 radical (unpaired) electrons. The van der Waals surface area contributed by atoms with Crippen LogP contribution < -0.4 is 5.01 Å². The first kappa shape index (κ1) is 13.9. The number of carbonyl (C=O) groups is 1. The highest BCUT2D eigenvalue weighted by Crippen LogP contribution is 2.27. The molecule has 2 rings (SSSR count). The van der Waals surface area contributed by atoms with Crippen LogP contribution in [0.1, 0.15) is 13.3 Å². The quantitative estimate of drug-likeness (QED) is 0.796. The van der Waals surface area contributed by atoms with Crippen molar-refractivity contribution in [2.75, 3.05) is 11.6 Å². The lowest BCUT2D eigenvalue weighted by molar-refractivity contribution is -0.144. The van der Waals surface area contributed by atoms with Gasteiger partial charge >= 0.3 is 5.97 Å². The van der Waals surface area contributed by atoms with Gasteiger partial charge in [-0.15, -0.1) is 0 Å². The zero-order chi connectivity index (χ0) is 14.0. The first-order chi connectivity index (χ1) is 9.02. The summed E-state index contributed by atoms with van der Waals surface area (Å²) >= 11 is 3.15. The molecule has 0 aliphatic carbocycles. The maximum atomic E-state index is 13.7. The monoisotopic (exact) mass is 333 g/mol. The van der Waals surface area contributed by atoms with Crippen molar-refractivity contribution in [3.63, 3.8) is 0 Å². The van der Waals surface area contributed by atoms with Crippen molar-refractivity contribution in [2.24, 2.45) is 5.10 Å². The number of rotatable bonds is 3. The van der Waals surface area contributed by atoms with Crippen molar-refractivity contribution in [3.8, 4) is 0 Å². The number of ether oxygens (including phenoxy) is 1. The van der Waals surface area contributed by atoms with E-state index in [0.29, 0.717) is 10.7 Å². The number of hydrazone groups is 1. The average molecular weight is 334 g/mol. The van der Waals surface area contributed by atoms with Gasteiger partial charge in [-0.2, -0.15) is 5.10 Å². The number of anilines is 1. The lowest BCUT2D eigenvalue weighted by Crippen LogP contribution is -2.36. The molecule has 1 aliphatic rings. The predicted octanol–water partition coefficient (Wildman–Crippen LogP) is 2.21. The Kier molecular flexibility index (Phi) is 4.08. The third-order valence-corrected chi connectivity index (χ3v) is 2.92. The van der Waals surface area contributed by atoms with Gasteiger partial charge in [0.25, 0.3) is 0 Å². The van der Waals surface area contributed by atoms with Crippen LogP contribution in [0.5, 0.6) is 0 Å². The summed E-state index contributed by atoms with van der Waals surface area (Å²) in [6, 6.07) is -0.117. The second-order valence-corrected chi connectivity index (χ2v) is 4.67. The Morgan fingerprint density at radius 3 is 3.00 bits per heavy atom. The Morgan fingerprint density at radius 2 is 2.37 bits per heavy atom. The first-order valence-corrected chi connectivity index (χ1v) is 6.32. The molecule has 1 unspecified atom stereocenters. The van der Waals surface area contributed by atoms with E-state index in [1.807, 2.05) is 0 Å². The molecule has 0 N–H and O–H groups in total. The topological polar surface area (TPSA) is 54.8 Å². The second-order valence-electron chi connectivity index (χ2n) is 3.75. The molecule has 8 heteroatoms. The molecule has 102 valence electrons. The van der Waals surface area contributed by atoms with Gasteiger partial charge in [0.05, 0.1) is 12.8 Å². The minimum absolute atomic E-state index is 0.208. The van der Waals surface area contributed by atoms with Crippen LogP contribution in [0.3, 0.4) is 0 Å². The number of hydrogen-bond donors (Lipinski definition) is 0. The van der Waals surface area contributed by atoms with Crippen molar-refractivity contribution >= 4 is 32.3 Å². The highest BCUT2D eigenvalue weighted by molar-refractivity contribution is 9.18. The van der Waals surface area contributed by atoms with E-state index in [9.17, 15) is 13.6 Å². The van der Waals surface area contributed by atoms with E-state index in [1.165, 1.54) is 0 Å². The Morgan fingerprint density at radius 1 is 1.63 bits per heavy atom. The molecule has 1 aromatic heterocycles. The summed E-state index contributed by atoms with van der Waals surface area (Å²) in [5.74, 6) is -2.43. The number of esters is 1. The summed E-state index contributed by atoms with van der Waals surface area (Å²) in [4.78, 5) is 15.4. The lowest BCUT2D eigenvalue weighted by atomic mass is 10.2. The van der Waals surface area contributed by atoms with Gasteiger partial charge < -0.3 is 4.74 Å². The molecule has 19 heavy (non-hydrogen) atoms. The Balaban J connectivity index is 2.32. The van der Waals surface area contributed by atoms with Gasteiger partial charge in [-0.3, -0.25) is 0 Å². The third-order valence-electron chi connectivity index (χ3n) is 2.44. The summed E-state index contributed by atoms with van der Waals surface area (Å²) in [6.45, 7) is 1.88. The molecule has 1 aromatic rings. The van der Waals surface area contributed by atoms with Gasteiger partial charge in [0.2, 0.25) is 0 Å². The number of nitrogens with zero attached hydrogens (tertiary/aromatic N) is 3. The summed E-state index contributed by atoms with van der Waals surface area (Å²) in [6.07, 6.45) is 1.11. The number of hydrogen-bond acceptors (Lipinski definition) is 5. The van der Waals surface area contributed by atoms with E-state index in [0.717, 1.165) is 11.2 Å². The van der Waals surface area contributed by atoms with Gasteiger partial charge in [-0.1, -0.05) is 0 Å². The van der Waals surface area contributed by atoms with Crippen LogP contribution >= 0.6 is 15.9 Å². The summed E-state index contributed by atoms with van der Waals surface area (Å²) < 4.78 is 31.9. The largest absolute Gasteiger partial charge is 0.464 e. The molecule has 0 amide bonds. The lowest BCUT2D eigenvalue weighted by Gasteiger charge is -2.20. The molecule has 1 atom stereocenters. The summed E-state index contributed by atoms with van der Waals surface area (Å²) in [5.41, 5.74) is 0. The van der Waals surface area contributed by atoms with Gasteiger partial charge in [0, 0.05) is 12.5 Å². The minimum Gasteiger partial charge on any atom is -0.464 e. The van der Waals surface area contributed by atoms with Gasteiger partial charge in [0.1, 0.15) is 10.4 Å². The van der Waals surface area contributed by atoms with E-state index < -0.39 is 23.6 Å². The average Bonchev–Trinajstić information content (AvgIpc) is 2.71. The van der Waals surface area contributed by atoms with Gasteiger partial charge in [0.15, 0.2) is 17.7 Å². The minimum atomic E-state index is -0.889. The van der Waals surface area contributed by atoms with E-state index in [4.69, 9.17) is 4.74 Å². The smallest absolute Gasteiger partial charge is 0.331 e. The Bertz CT molecular complexity index is 539. The molecule has 0 saturated carbocycles. The van der Waals surface area contributed by atoms with Crippen LogP contribution in [-0.2, 0) is 9.53 Å². The van der Waals surface area contributed by atoms with Crippen LogP contribution in [0, 0.1) is 11.6 Å². The zero-order valence-corrected chi connectivity index (χ0v) is 11.5. The van der Waals surface area contributed by atoms with Gasteiger partial charge in [-0.25, -0.2) is 23.6 Å². The van der Waals surface area contributed by atoms with Gasteiger partial charge in [-0.05, 0) is 22.9 Å². The van der Waals surface area contributed by atoms with Crippen LogP contribution in [-0.4, -0.2) is 28.2 Å². The maximum Gasteiger partial charge on any atom is 0.331 e. The maximum absolute atomic E-state index is 13.7. The fraction of sp³-hybridized carbons (Fsp3) is 0.364. The molecule has 0 saturated heterocycles. The van der Waals surface area contributed by atoms with Crippen LogP contribution in [0.15, 0.2) is 17.4 Å². The fourth-order valence-electron chi connectivity index (χ4n) is 1.67. The molecule has 0 bridgehead atoms. The van der Waals surface area contributed by atoms with Crippen molar-refractivity contribution in [1.82, 2.24) is 4.98 Å². The highest BCUT2D eigenvalue weighted by Gasteiger charge is 2.36. The summed E-state index contributed by atoms with van der Waals surface area (Å²) in [5, 5.41) is 5.07. The molecule has 0 aromatic carbocycles. The molecule has 2 heterocycles. The fourth-order valence-corrected chi connectivity index (χ4v) is 2.14. The first-order valence-electron chi connectivity index (χ1n) is 5.52. The van der Waals surface area contributed by atoms with E-state index >= 15 is 0 Å². The van der Waals surface area contributed by atoms with Crippen LogP contribution in [0.25, 0.3) is 0 Å². The Hall–Kier alpha value is -1.57. The zero-order valence-electron chi connectivity index (χ0n) is 9.94. The molecule has 0 fully saturated rings. The molecular formula is C11H10BrF2N3O2. The standard InChI is InChI=1S/C11H10BrF2N3O2/c1-2-19-11(18)8-4-9(12)16-17(8)10-7(14)3-6(13)5-15-10/h3,5,8H,2,4H2,1H3. The second kappa shape index (κ2) is 5.60. The van der Waals surface area contributed by atoms with Crippen molar-refractivity contribution in [3.05, 3.63) is 23.9 Å². The molecule has 1 aliphatic heterocycles. The van der Waals surface area contributed by atoms with E-state index in [2.05, 4.69) is 26.0 Å². The van der Waals surface area contributed by atoms with Crippen molar-refractivity contribution in [1.29, 1.82) is 0 Å². The van der Waals surface area contributed by atoms with Crippen LogP contribution in [0.2, 0.25) is 0 Å². The third kappa shape index (κ3) is 2.89. The van der Waals surface area contributed by atoms with E-state index in [-0.39, 0.29) is 18.8 Å². The van der Waals surface area contributed by atoms with Crippen molar-refractivity contribution in [2.45, 2.75) is 19.4 Å². The number of pyridine rings is 1. The SMILES string of the molecule is CCOC(=O)C1CC(Br)=NN1c1ncc(F)cc1F. The normalized spacial score (nSPS) is 18.4. The number of halogens is 3. The van der Waals surface area contributed by atoms with Crippen molar-refractivity contribution < 1.29 is 18.3 Å². The number of carbonyl (C=O) groups excluding carboxylic acids is 1. The number of aromatic nitrogens is 1. The molecule has 5 nitrogen and oxygen atoms in total. The Labute approximate surface area is 116 Å². The highest BCUT2D eigenvalue weighted by atomic mass is 79.9.